The number of anilines is 1. The van der Waals surface area contributed by atoms with Crippen molar-refractivity contribution in [3.63, 3.8) is 0 Å². The van der Waals surface area contributed by atoms with Crippen LogP contribution in [0.4, 0.5) is 5.69 Å². The minimum atomic E-state index is -0.445. The van der Waals surface area contributed by atoms with Gasteiger partial charge in [0, 0.05) is 37.4 Å². The van der Waals surface area contributed by atoms with E-state index >= 15 is 0 Å². The van der Waals surface area contributed by atoms with Crippen LogP contribution in [-0.2, 0) is 9.53 Å². The first kappa shape index (κ1) is 20.5. The Morgan fingerprint density at radius 2 is 1.66 bits per heavy atom. The first-order valence-electron chi connectivity index (χ1n) is 9.53. The largest absolute Gasteiger partial charge is 0.465 e. The third kappa shape index (κ3) is 5.20. The molecule has 0 atom stereocenters. The predicted octanol–water partition coefficient (Wildman–Crippen LogP) is 2.18. The number of rotatable bonds is 5. The number of methoxy groups -OCH3 is 1. The molecule has 1 N–H and O–H groups in total. The number of nitrogens with one attached hydrogen (secondary N) is 1. The topological polar surface area (TPSA) is 79.0 Å². The molecule has 7 heteroatoms. The number of benzene rings is 2. The molecule has 1 saturated heterocycles. The number of nitrogens with zero attached hydrogens (tertiary/aromatic N) is 2. The molecular formula is C22H25N3O4. The van der Waals surface area contributed by atoms with Crippen molar-refractivity contribution in [2.24, 2.45) is 0 Å². The number of ether oxygens (including phenoxy) is 1. The molecule has 0 spiro atoms. The summed E-state index contributed by atoms with van der Waals surface area (Å²) in [5.41, 5.74) is 2.53. The zero-order valence-corrected chi connectivity index (χ0v) is 16.7. The van der Waals surface area contributed by atoms with Gasteiger partial charge in [-0.25, -0.2) is 4.79 Å². The summed E-state index contributed by atoms with van der Waals surface area (Å²) in [4.78, 5) is 40.5. The Labute approximate surface area is 170 Å². The number of piperazine rings is 1. The van der Waals surface area contributed by atoms with Crippen molar-refractivity contribution in [2.75, 3.05) is 45.2 Å². The Balaban J connectivity index is 1.53. The van der Waals surface area contributed by atoms with Crippen LogP contribution in [0.3, 0.4) is 0 Å². The van der Waals surface area contributed by atoms with E-state index in [0.717, 1.165) is 5.56 Å². The van der Waals surface area contributed by atoms with Crippen LogP contribution in [0.5, 0.6) is 0 Å². The second-order valence-electron chi connectivity index (χ2n) is 7.00. The van der Waals surface area contributed by atoms with Crippen LogP contribution in [0.25, 0.3) is 0 Å². The summed E-state index contributed by atoms with van der Waals surface area (Å²) in [5, 5.41) is 2.87. The van der Waals surface area contributed by atoms with Gasteiger partial charge in [0.2, 0.25) is 5.91 Å². The van der Waals surface area contributed by atoms with E-state index in [1.807, 2.05) is 47.1 Å². The molecule has 7 nitrogen and oxygen atoms in total. The summed E-state index contributed by atoms with van der Waals surface area (Å²) in [6.45, 7) is 4.52. The normalized spacial score (nSPS) is 14.3. The molecule has 1 fully saturated rings. The average Bonchev–Trinajstić information content (AvgIpc) is 2.75. The van der Waals surface area contributed by atoms with Gasteiger partial charge in [0.1, 0.15) is 0 Å². The van der Waals surface area contributed by atoms with Gasteiger partial charge in [-0.2, -0.15) is 0 Å². The maximum Gasteiger partial charge on any atom is 0.337 e. The van der Waals surface area contributed by atoms with E-state index in [1.165, 1.54) is 7.11 Å². The van der Waals surface area contributed by atoms with Crippen molar-refractivity contribution in [3.8, 4) is 0 Å². The van der Waals surface area contributed by atoms with E-state index in [4.69, 9.17) is 4.74 Å². The Bertz CT molecular complexity index is 890. The van der Waals surface area contributed by atoms with E-state index in [1.54, 1.807) is 18.2 Å². The molecule has 0 bridgehead atoms. The lowest BCUT2D eigenvalue weighted by Crippen LogP contribution is -2.50. The summed E-state index contributed by atoms with van der Waals surface area (Å²) in [6, 6.07) is 14.3. The van der Waals surface area contributed by atoms with Crippen LogP contribution < -0.4 is 5.32 Å². The highest BCUT2D eigenvalue weighted by Crippen LogP contribution is 2.18. The third-order valence-corrected chi connectivity index (χ3v) is 4.98. The number of aryl methyl sites for hydroxylation is 1. The Morgan fingerprint density at radius 1 is 0.966 bits per heavy atom. The van der Waals surface area contributed by atoms with Gasteiger partial charge in [0.05, 0.1) is 19.2 Å². The highest BCUT2D eigenvalue weighted by atomic mass is 16.5. The van der Waals surface area contributed by atoms with Crippen LogP contribution in [-0.4, -0.2) is 67.4 Å². The van der Waals surface area contributed by atoms with Crippen molar-refractivity contribution >= 4 is 23.5 Å². The van der Waals surface area contributed by atoms with Gasteiger partial charge in [0.15, 0.2) is 0 Å². The summed E-state index contributed by atoms with van der Waals surface area (Å²) < 4.78 is 4.73. The Hall–Kier alpha value is -3.19. The second-order valence-corrected chi connectivity index (χ2v) is 7.00. The summed E-state index contributed by atoms with van der Waals surface area (Å²) >= 11 is 0. The first-order chi connectivity index (χ1) is 14.0. The maximum absolute atomic E-state index is 12.5. The second kappa shape index (κ2) is 9.34. The van der Waals surface area contributed by atoms with E-state index in [2.05, 4.69) is 5.32 Å². The average molecular weight is 395 g/mol. The molecule has 0 aliphatic carbocycles. The minimum Gasteiger partial charge on any atom is -0.465 e. The molecule has 1 aliphatic heterocycles. The van der Waals surface area contributed by atoms with Crippen LogP contribution in [0.2, 0.25) is 0 Å². The van der Waals surface area contributed by atoms with Gasteiger partial charge in [0.25, 0.3) is 5.91 Å². The monoisotopic (exact) mass is 395 g/mol. The lowest BCUT2D eigenvalue weighted by Gasteiger charge is -2.34. The third-order valence-electron chi connectivity index (χ3n) is 4.98. The zero-order valence-electron chi connectivity index (χ0n) is 16.7. The molecule has 3 rings (SSSR count). The maximum atomic E-state index is 12.5. The van der Waals surface area contributed by atoms with Crippen molar-refractivity contribution in [1.29, 1.82) is 0 Å². The van der Waals surface area contributed by atoms with Gasteiger partial charge in [-0.15, -0.1) is 0 Å². The molecule has 2 amide bonds. The molecule has 2 aromatic rings. The van der Waals surface area contributed by atoms with E-state index in [9.17, 15) is 14.4 Å². The van der Waals surface area contributed by atoms with Crippen molar-refractivity contribution in [3.05, 3.63) is 65.2 Å². The number of carbonyl (C=O) groups is 3. The zero-order chi connectivity index (χ0) is 20.8. The summed E-state index contributed by atoms with van der Waals surface area (Å²) in [6.07, 6.45) is 0. The van der Waals surface area contributed by atoms with Crippen LogP contribution in [0, 0.1) is 6.92 Å². The number of amides is 2. The number of esters is 1. The lowest BCUT2D eigenvalue weighted by molar-refractivity contribution is -0.117. The van der Waals surface area contributed by atoms with Gasteiger partial charge in [-0.05, 0) is 36.8 Å². The quantitative estimate of drug-likeness (QED) is 0.785. The van der Waals surface area contributed by atoms with Crippen LogP contribution >= 0.6 is 0 Å². The van der Waals surface area contributed by atoms with Crippen molar-refractivity contribution < 1.29 is 19.1 Å². The van der Waals surface area contributed by atoms with Crippen molar-refractivity contribution in [1.82, 2.24) is 9.80 Å². The van der Waals surface area contributed by atoms with Gasteiger partial charge in [-0.3, -0.25) is 14.5 Å². The Morgan fingerprint density at radius 3 is 2.31 bits per heavy atom. The molecule has 0 radical (unpaired) electrons. The number of hydrogen-bond donors (Lipinski definition) is 1. The fourth-order valence-corrected chi connectivity index (χ4v) is 3.27. The molecule has 0 aromatic heterocycles. The van der Waals surface area contributed by atoms with E-state index in [-0.39, 0.29) is 18.4 Å². The van der Waals surface area contributed by atoms with E-state index < -0.39 is 5.97 Å². The van der Waals surface area contributed by atoms with E-state index in [0.29, 0.717) is 43.0 Å². The molecule has 1 aliphatic rings. The van der Waals surface area contributed by atoms with Gasteiger partial charge in [-0.1, -0.05) is 24.3 Å². The summed E-state index contributed by atoms with van der Waals surface area (Å²) in [7, 11) is 1.32. The fraction of sp³-hybridized carbons (Fsp3) is 0.318. The summed E-state index contributed by atoms with van der Waals surface area (Å²) in [5.74, 6) is -0.581. The highest BCUT2D eigenvalue weighted by molar-refractivity contribution is 5.96. The molecule has 29 heavy (non-hydrogen) atoms. The lowest BCUT2D eigenvalue weighted by atomic mass is 10.1. The minimum absolute atomic E-state index is 0.0185. The van der Waals surface area contributed by atoms with Crippen LogP contribution in [0.1, 0.15) is 26.3 Å². The number of hydrogen-bond acceptors (Lipinski definition) is 5. The predicted molar refractivity (Wildman–Crippen MR) is 110 cm³/mol. The van der Waals surface area contributed by atoms with Gasteiger partial charge >= 0.3 is 5.97 Å². The molecule has 0 unspecified atom stereocenters. The molecular weight excluding hydrogens is 370 g/mol. The standard InChI is InChI=1S/C22H25N3O4/c1-16-8-9-18(22(28)29-2)14-19(16)23-20(26)15-24-10-12-25(13-11-24)21(27)17-6-4-3-5-7-17/h3-9,14H,10-13,15H2,1-2H3,(H,23,26). The SMILES string of the molecule is COC(=O)c1ccc(C)c(NC(=O)CN2CCN(C(=O)c3ccccc3)CC2)c1. The molecule has 152 valence electrons. The highest BCUT2D eigenvalue weighted by Gasteiger charge is 2.23. The molecule has 2 aromatic carbocycles. The smallest absolute Gasteiger partial charge is 0.337 e. The fourth-order valence-electron chi connectivity index (χ4n) is 3.27. The molecule has 0 saturated carbocycles. The van der Waals surface area contributed by atoms with Crippen molar-refractivity contribution in [2.45, 2.75) is 6.92 Å². The first-order valence-corrected chi connectivity index (χ1v) is 9.53. The molecule has 1 heterocycles. The Kier molecular flexibility index (Phi) is 6.61. The number of carbonyl (C=O) groups excluding carboxylic acids is 3. The van der Waals surface area contributed by atoms with Gasteiger partial charge < -0.3 is 15.0 Å². The van der Waals surface area contributed by atoms with Crippen LogP contribution in [0.15, 0.2) is 48.5 Å².